The average molecular weight is 284 g/mol. The van der Waals surface area contributed by atoms with E-state index in [0.717, 1.165) is 38.1 Å². The number of rotatable bonds is 5. The largest absolute Gasteiger partial charge is 0.395 e. The van der Waals surface area contributed by atoms with E-state index >= 15 is 0 Å². The van der Waals surface area contributed by atoms with Gasteiger partial charge in [0.1, 0.15) is 0 Å². The molecule has 1 aliphatic carbocycles. The van der Waals surface area contributed by atoms with Crippen molar-refractivity contribution in [3.63, 3.8) is 0 Å². The van der Waals surface area contributed by atoms with Crippen molar-refractivity contribution in [2.45, 2.75) is 45.7 Å². The predicted octanol–water partition coefficient (Wildman–Crippen LogP) is 1.34. The molecule has 1 heterocycles. The second-order valence-electron chi connectivity index (χ2n) is 6.79. The van der Waals surface area contributed by atoms with Gasteiger partial charge < -0.3 is 15.2 Å². The Morgan fingerprint density at radius 3 is 2.80 bits per heavy atom. The summed E-state index contributed by atoms with van der Waals surface area (Å²) in [4.78, 5) is 2.45. The Hall–Kier alpha value is -0.160. The van der Waals surface area contributed by atoms with Crippen LogP contribution in [0.4, 0.5) is 0 Å². The van der Waals surface area contributed by atoms with Crippen molar-refractivity contribution in [1.82, 2.24) is 10.2 Å². The summed E-state index contributed by atoms with van der Waals surface area (Å²) in [6, 6.07) is 0.818. The van der Waals surface area contributed by atoms with E-state index in [-0.39, 0.29) is 12.6 Å². The predicted molar refractivity (Wildman–Crippen MR) is 81.8 cm³/mol. The van der Waals surface area contributed by atoms with Crippen LogP contribution in [0.1, 0.15) is 33.6 Å². The molecule has 4 heteroatoms. The molecule has 0 radical (unpaired) electrons. The van der Waals surface area contributed by atoms with Gasteiger partial charge in [0, 0.05) is 19.1 Å². The molecule has 5 atom stereocenters. The lowest BCUT2D eigenvalue weighted by Gasteiger charge is -2.45. The van der Waals surface area contributed by atoms with Crippen molar-refractivity contribution in [2.24, 2.45) is 17.8 Å². The summed E-state index contributed by atoms with van der Waals surface area (Å²) in [5.41, 5.74) is 0. The lowest BCUT2D eigenvalue weighted by molar-refractivity contribution is -0.0435. The first kappa shape index (κ1) is 16.2. The molecular weight excluding hydrogens is 252 g/mol. The second-order valence-corrected chi connectivity index (χ2v) is 6.79. The SMILES string of the molecule is CCNC1CC(C)CC(C)C1CN1CCOCC1CO. The van der Waals surface area contributed by atoms with Crippen molar-refractivity contribution >= 4 is 0 Å². The van der Waals surface area contributed by atoms with Crippen molar-refractivity contribution < 1.29 is 9.84 Å². The summed E-state index contributed by atoms with van der Waals surface area (Å²) in [5, 5.41) is 13.2. The van der Waals surface area contributed by atoms with Crippen LogP contribution in [0.2, 0.25) is 0 Å². The van der Waals surface area contributed by atoms with E-state index in [9.17, 15) is 5.11 Å². The van der Waals surface area contributed by atoms with Crippen LogP contribution in [0.5, 0.6) is 0 Å². The standard InChI is InChI=1S/C16H32N2O2/c1-4-17-16-8-12(2)7-13(3)15(16)9-18-5-6-20-11-14(18)10-19/h12-17,19H,4-11H2,1-3H3. The van der Waals surface area contributed by atoms with E-state index in [4.69, 9.17) is 4.74 Å². The van der Waals surface area contributed by atoms with Crippen LogP contribution in [0, 0.1) is 17.8 Å². The molecule has 118 valence electrons. The summed E-state index contributed by atoms with van der Waals surface area (Å²) >= 11 is 0. The van der Waals surface area contributed by atoms with Crippen molar-refractivity contribution in [2.75, 3.05) is 39.5 Å². The fourth-order valence-corrected chi connectivity index (χ4v) is 4.08. The lowest BCUT2D eigenvalue weighted by atomic mass is 9.72. The number of morpholine rings is 1. The van der Waals surface area contributed by atoms with Gasteiger partial charge in [0.25, 0.3) is 0 Å². The van der Waals surface area contributed by atoms with Gasteiger partial charge in [-0.3, -0.25) is 4.90 Å². The molecule has 0 aromatic rings. The normalized spacial score (nSPS) is 39.9. The maximum atomic E-state index is 9.53. The molecule has 1 saturated heterocycles. The highest BCUT2D eigenvalue weighted by Gasteiger charge is 2.36. The summed E-state index contributed by atoms with van der Waals surface area (Å²) in [7, 11) is 0. The highest BCUT2D eigenvalue weighted by molar-refractivity contribution is 4.90. The minimum atomic E-state index is 0.192. The molecule has 1 aliphatic heterocycles. The molecule has 0 aromatic heterocycles. The van der Waals surface area contributed by atoms with Crippen LogP contribution < -0.4 is 5.32 Å². The first-order valence-corrected chi connectivity index (χ1v) is 8.31. The zero-order chi connectivity index (χ0) is 14.5. The number of hydrogen-bond acceptors (Lipinski definition) is 4. The molecule has 4 nitrogen and oxygen atoms in total. The summed E-state index contributed by atoms with van der Waals surface area (Å²) in [6.45, 7) is 11.8. The quantitative estimate of drug-likeness (QED) is 0.800. The maximum Gasteiger partial charge on any atom is 0.0644 e. The van der Waals surface area contributed by atoms with Crippen molar-refractivity contribution in [3.05, 3.63) is 0 Å². The van der Waals surface area contributed by atoms with E-state index < -0.39 is 0 Å². The first-order valence-electron chi connectivity index (χ1n) is 8.31. The van der Waals surface area contributed by atoms with Crippen LogP contribution in [0.15, 0.2) is 0 Å². The van der Waals surface area contributed by atoms with E-state index in [1.165, 1.54) is 12.8 Å². The Bertz CT molecular complexity index is 288. The van der Waals surface area contributed by atoms with E-state index in [1.54, 1.807) is 0 Å². The molecule has 0 aromatic carbocycles. The molecule has 1 saturated carbocycles. The Labute approximate surface area is 123 Å². The van der Waals surface area contributed by atoms with E-state index in [2.05, 4.69) is 31.0 Å². The van der Waals surface area contributed by atoms with Gasteiger partial charge in [-0.05, 0) is 37.1 Å². The van der Waals surface area contributed by atoms with Gasteiger partial charge in [0.2, 0.25) is 0 Å². The van der Waals surface area contributed by atoms with Crippen LogP contribution in [0.3, 0.4) is 0 Å². The second kappa shape index (κ2) is 7.74. The van der Waals surface area contributed by atoms with Gasteiger partial charge in [-0.25, -0.2) is 0 Å². The molecule has 0 bridgehead atoms. The van der Waals surface area contributed by atoms with E-state index in [1.807, 2.05) is 0 Å². The third kappa shape index (κ3) is 3.94. The summed E-state index contributed by atoms with van der Waals surface area (Å²) in [5.74, 6) is 2.27. The number of aliphatic hydroxyl groups is 1. The van der Waals surface area contributed by atoms with Crippen molar-refractivity contribution in [3.8, 4) is 0 Å². The average Bonchev–Trinajstić information content (AvgIpc) is 2.43. The topological polar surface area (TPSA) is 44.7 Å². The molecular formula is C16H32N2O2. The molecule has 0 spiro atoms. The molecule has 2 rings (SSSR count). The van der Waals surface area contributed by atoms with Gasteiger partial charge in [0.05, 0.1) is 25.9 Å². The molecule has 2 aliphatic rings. The molecule has 2 fully saturated rings. The molecule has 0 amide bonds. The Kier molecular flexibility index (Phi) is 6.27. The Morgan fingerprint density at radius 1 is 1.30 bits per heavy atom. The maximum absolute atomic E-state index is 9.53. The number of ether oxygens (including phenoxy) is 1. The minimum Gasteiger partial charge on any atom is -0.395 e. The molecule has 2 N–H and O–H groups in total. The minimum absolute atomic E-state index is 0.192. The van der Waals surface area contributed by atoms with Crippen molar-refractivity contribution in [1.29, 1.82) is 0 Å². The summed E-state index contributed by atoms with van der Waals surface area (Å²) < 4.78 is 5.49. The number of nitrogens with zero attached hydrogens (tertiary/aromatic N) is 1. The highest BCUT2D eigenvalue weighted by Crippen LogP contribution is 2.34. The van der Waals surface area contributed by atoms with Gasteiger partial charge in [-0.1, -0.05) is 20.8 Å². The van der Waals surface area contributed by atoms with Gasteiger partial charge in [-0.15, -0.1) is 0 Å². The van der Waals surface area contributed by atoms with E-state index in [0.29, 0.717) is 18.6 Å². The molecule has 5 unspecified atom stereocenters. The van der Waals surface area contributed by atoms with Gasteiger partial charge in [0.15, 0.2) is 0 Å². The fourth-order valence-electron chi connectivity index (χ4n) is 4.08. The monoisotopic (exact) mass is 284 g/mol. The number of hydrogen-bond donors (Lipinski definition) is 2. The van der Waals surface area contributed by atoms with Gasteiger partial charge in [-0.2, -0.15) is 0 Å². The van der Waals surface area contributed by atoms with Gasteiger partial charge >= 0.3 is 0 Å². The van der Waals surface area contributed by atoms with Crippen LogP contribution in [-0.2, 0) is 4.74 Å². The molecule has 20 heavy (non-hydrogen) atoms. The number of nitrogens with one attached hydrogen (secondary N) is 1. The number of aliphatic hydroxyl groups excluding tert-OH is 1. The zero-order valence-corrected chi connectivity index (χ0v) is 13.3. The smallest absolute Gasteiger partial charge is 0.0644 e. The Morgan fingerprint density at radius 2 is 2.10 bits per heavy atom. The first-order chi connectivity index (χ1) is 9.65. The van der Waals surface area contributed by atoms with Crippen LogP contribution in [-0.4, -0.2) is 61.5 Å². The van der Waals surface area contributed by atoms with Crippen LogP contribution in [0.25, 0.3) is 0 Å². The fraction of sp³-hybridized carbons (Fsp3) is 1.00. The highest BCUT2D eigenvalue weighted by atomic mass is 16.5. The lowest BCUT2D eigenvalue weighted by Crippen LogP contribution is -2.54. The Balaban J connectivity index is 1.99. The summed E-state index contributed by atoms with van der Waals surface area (Å²) in [6.07, 6.45) is 2.62. The third-order valence-corrected chi connectivity index (χ3v) is 5.15. The zero-order valence-electron chi connectivity index (χ0n) is 13.3. The third-order valence-electron chi connectivity index (χ3n) is 5.15. The van der Waals surface area contributed by atoms with Crippen LogP contribution >= 0.6 is 0 Å².